The maximum Gasteiger partial charge on any atom is 0.408 e. The molecule has 3 N–H and O–H groups in total. The van der Waals surface area contributed by atoms with Crippen LogP contribution in [0.5, 0.6) is 5.88 Å². The zero-order chi connectivity index (χ0) is 38.2. The molecule has 0 spiro atoms. The lowest BCUT2D eigenvalue weighted by Gasteiger charge is -2.30. The molecule has 4 amide bonds. The zero-order valence-electron chi connectivity index (χ0n) is 30.4. The van der Waals surface area contributed by atoms with Gasteiger partial charge in [-0.05, 0) is 87.8 Å². The summed E-state index contributed by atoms with van der Waals surface area (Å²) >= 11 is 1.46. The maximum atomic E-state index is 14.6. The lowest BCUT2D eigenvalue weighted by Crippen LogP contribution is -2.58. The van der Waals surface area contributed by atoms with Gasteiger partial charge < -0.3 is 25.0 Å². The van der Waals surface area contributed by atoms with Crippen molar-refractivity contribution in [3.05, 3.63) is 48.0 Å². The molecule has 0 bridgehead atoms. The minimum atomic E-state index is -3.89. The first kappa shape index (κ1) is 37.3. The van der Waals surface area contributed by atoms with Gasteiger partial charge in [-0.3, -0.25) is 19.1 Å². The number of pyridine rings is 1. The van der Waals surface area contributed by atoms with Gasteiger partial charge in [0, 0.05) is 18.5 Å². The molecule has 4 fully saturated rings. The number of nitrogens with zero attached hydrogens (tertiary/aromatic N) is 4. The highest BCUT2D eigenvalue weighted by molar-refractivity contribution is 7.91. The molecule has 8 rings (SSSR count). The van der Waals surface area contributed by atoms with Crippen molar-refractivity contribution >= 4 is 56.3 Å². The molecule has 5 aliphatic rings. The first-order valence-electron chi connectivity index (χ1n) is 19.3. The summed E-state index contributed by atoms with van der Waals surface area (Å²) in [5.74, 6) is -2.13. The topological polar surface area (TPSA) is 199 Å². The molecule has 3 saturated carbocycles. The lowest BCUT2D eigenvalue weighted by molar-refractivity contribution is -0.141. The number of carbonyl (C=O) groups excluding carboxylic acids is 4. The van der Waals surface area contributed by atoms with Crippen molar-refractivity contribution in [1.82, 2.24) is 35.2 Å². The van der Waals surface area contributed by atoms with Crippen LogP contribution in [0.1, 0.15) is 83.5 Å². The molecule has 5 atom stereocenters. The van der Waals surface area contributed by atoms with Gasteiger partial charge in [-0.1, -0.05) is 31.1 Å². The molecule has 0 radical (unpaired) electrons. The number of fused-ring (bicyclic) bond motifs is 3. The van der Waals surface area contributed by atoms with Gasteiger partial charge in [0.05, 0.1) is 16.7 Å². The van der Waals surface area contributed by atoms with E-state index in [1.807, 2.05) is 29.7 Å². The number of thiophene rings is 1. The molecular formula is C38H45N7O8S2. The molecule has 2 aliphatic heterocycles. The molecular weight excluding hydrogens is 747 g/mol. The molecule has 0 unspecified atom stereocenters. The Morgan fingerprint density at radius 2 is 1.80 bits per heavy atom. The summed E-state index contributed by atoms with van der Waals surface area (Å²) < 4.78 is 40.2. The summed E-state index contributed by atoms with van der Waals surface area (Å²) in [7, 11) is -3.89. The van der Waals surface area contributed by atoms with Crippen molar-refractivity contribution in [1.29, 1.82) is 0 Å². The van der Waals surface area contributed by atoms with Crippen LogP contribution in [0, 0.1) is 5.92 Å². The normalized spacial score (nSPS) is 28.3. The van der Waals surface area contributed by atoms with Crippen LogP contribution in [0.3, 0.4) is 0 Å². The van der Waals surface area contributed by atoms with Crippen molar-refractivity contribution in [3.63, 3.8) is 0 Å². The average Bonchev–Trinajstić information content (AvgIpc) is 3.90. The van der Waals surface area contributed by atoms with Crippen LogP contribution < -0.4 is 20.1 Å². The quantitative estimate of drug-likeness (QED) is 0.277. The number of amides is 4. The second-order valence-corrected chi connectivity index (χ2v) is 18.1. The summed E-state index contributed by atoms with van der Waals surface area (Å²) in [6, 6.07) is 5.26. The van der Waals surface area contributed by atoms with E-state index in [0.717, 1.165) is 43.4 Å². The molecule has 5 heterocycles. The predicted octanol–water partition coefficient (Wildman–Crippen LogP) is 4.14. The van der Waals surface area contributed by atoms with Gasteiger partial charge >= 0.3 is 6.09 Å². The lowest BCUT2D eigenvalue weighted by atomic mass is 10.0. The van der Waals surface area contributed by atoms with E-state index in [4.69, 9.17) is 19.4 Å². The van der Waals surface area contributed by atoms with Crippen LogP contribution in [0.25, 0.3) is 21.7 Å². The van der Waals surface area contributed by atoms with Crippen LogP contribution in [0.4, 0.5) is 4.79 Å². The highest BCUT2D eigenvalue weighted by atomic mass is 32.2. The molecule has 3 aromatic heterocycles. The Labute approximate surface area is 323 Å². The van der Waals surface area contributed by atoms with Crippen molar-refractivity contribution in [2.75, 3.05) is 6.54 Å². The molecule has 3 aliphatic carbocycles. The third-order valence-electron chi connectivity index (χ3n) is 11.2. The number of carbonyl (C=O) groups is 4. The van der Waals surface area contributed by atoms with Crippen molar-refractivity contribution in [2.45, 2.75) is 119 Å². The fourth-order valence-corrected chi connectivity index (χ4v) is 9.94. The highest BCUT2D eigenvalue weighted by Crippen LogP contribution is 2.46. The standard InChI is InChI=1S/C38H45N7O8S2/c46-33-29-20-25(52-34-31(30-15-9-19-54-30)40-27-14-8-18-39-32(27)42-34)22-45(29)35(47)28(41-37(49)53-24-11-6-7-12-24)13-5-3-1-2-4-10-23-21-38(23,43-33)36(48)44-55(50,51)26-16-17-26/h4,8-10,14-15,18-19,23-26,28-29H,1-3,5-7,11-13,16-17,20-22H2,(H,41,49)(H,43,46)(H,44,48)/b10-4-/t23-,25-,28+,29+,38-/m1/s1. The van der Waals surface area contributed by atoms with Gasteiger partial charge in [-0.2, -0.15) is 4.98 Å². The third-order valence-corrected chi connectivity index (χ3v) is 13.8. The van der Waals surface area contributed by atoms with Crippen LogP contribution in [-0.2, 0) is 29.1 Å². The number of hydrogen-bond donors (Lipinski definition) is 3. The van der Waals surface area contributed by atoms with E-state index in [2.05, 4.69) is 20.3 Å². The Morgan fingerprint density at radius 3 is 2.58 bits per heavy atom. The Morgan fingerprint density at radius 1 is 0.982 bits per heavy atom. The fraction of sp³-hybridized carbons (Fsp3) is 0.553. The Bertz CT molecular complexity index is 2090. The van der Waals surface area contributed by atoms with Crippen LogP contribution in [0.2, 0.25) is 0 Å². The maximum absolute atomic E-state index is 14.6. The first-order chi connectivity index (χ1) is 26.6. The van der Waals surface area contributed by atoms with E-state index >= 15 is 0 Å². The Balaban J connectivity index is 1.10. The number of nitrogens with one attached hydrogen (secondary N) is 3. The summed E-state index contributed by atoms with van der Waals surface area (Å²) in [4.78, 5) is 72.0. The minimum Gasteiger partial charge on any atom is -0.471 e. The van der Waals surface area contributed by atoms with Gasteiger partial charge in [0.15, 0.2) is 5.65 Å². The van der Waals surface area contributed by atoms with Crippen LogP contribution in [-0.4, -0.2) is 93.7 Å². The van der Waals surface area contributed by atoms with Crippen molar-refractivity contribution in [2.24, 2.45) is 5.92 Å². The Hall–Kier alpha value is -4.64. The van der Waals surface area contributed by atoms with E-state index in [-0.39, 0.29) is 31.4 Å². The number of hydrogen-bond acceptors (Lipinski definition) is 12. The molecule has 1 saturated heterocycles. The number of allylic oxidation sites excluding steroid dienone is 1. The largest absolute Gasteiger partial charge is 0.471 e. The fourth-order valence-electron chi connectivity index (χ4n) is 7.87. The van der Waals surface area contributed by atoms with Gasteiger partial charge in [-0.25, -0.2) is 23.2 Å². The van der Waals surface area contributed by atoms with Crippen molar-refractivity contribution in [3.8, 4) is 16.5 Å². The SMILES string of the molecule is O=C(N[C@H]1CCCCC/C=C\[C@@H]2C[C@@]2(C(=O)NS(=O)(=O)C2CC2)NC(=O)[C@@H]2C[C@@H](Oc3nc4ncccc4nc3-c3cccs3)CN2C1=O)OC1CCCC1. The number of rotatable bonds is 8. The second-order valence-electron chi connectivity index (χ2n) is 15.2. The first-order valence-corrected chi connectivity index (χ1v) is 21.7. The van der Waals surface area contributed by atoms with Crippen LogP contribution in [0.15, 0.2) is 48.0 Å². The third kappa shape index (κ3) is 8.18. The van der Waals surface area contributed by atoms with E-state index in [0.29, 0.717) is 49.0 Å². The molecule has 55 heavy (non-hydrogen) atoms. The highest BCUT2D eigenvalue weighted by Gasteiger charge is 2.62. The molecule has 17 heteroatoms. The number of alkyl carbamates (subject to hydrolysis) is 1. The van der Waals surface area contributed by atoms with Crippen LogP contribution >= 0.6 is 11.3 Å². The van der Waals surface area contributed by atoms with Gasteiger partial charge in [-0.15, -0.1) is 11.3 Å². The summed E-state index contributed by atoms with van der Waals surface area (Å²) in [5, 5.41) is 6.99. The predicted molar refractivity (Wildman–Crippen MR) is 202 cm³/mol. The van der Waals surface area contributed by atoms with Gasteiger partial charge in [0.2, 0.25) is 27.7 Å². The number of ether oxygens (including phenoxy) is 2. The van der Waals surface area contributed by atoms with Crippen molar-refractivity contribution < 1.29 is 37.1 Å². The zero-order valence-corrected chi connectivity index (χ0v) is 32.0. The smallest absolute Gasteiger partial charge is 0.408 e. The summed E-state index contributed by atoms with van der Waals surface area (Å²) in [5.41, 5.74) is -0.0735. The van der Waals surface area contributed by atoms with E-state index in [1.54, 1.807) is 18.3 Å². The molecule has 0 aromatic carbocycles. The molecule has 292 valence electrons. The van der Waals surface area contributed by atoms with E-state index in [9.17, 15) is 27.6 Å². The average molecular weight is 792 g/mol. The Kier molecular flexibility index (Phi) is 10.5. The summed E-state index contributed by atoms with van der Waals surface area (Å²) in [6.07, 6.45) is 11.7. The number of sulfonamides is 1. The second kappa shape index (κ2) is 15.5. The van der Waals surface area contributed by atoms with E-state index < -0.39 is 68.7 Å². The minimum absolute atomic E-state index is 0.0290. The molecule has 3 aromatic rings. The monoisotopic (exact) mass is 791 g/mol. The van der Waals surface area contributed by atoms with E-state index in [1.165, 1.54) is 16.2 Å². The van der Waals surface area contributed by atoms with Gasteiger partial charge in [0.1, 0.15) is 41.0 Å². The van der Waals surface area contributed by atoms with Gasteiger partial charge in [0.25, 0.3) is 5.91 Å². The molecule has 15 nitrogen and oxygen atoms in total. The number of aromatic nitrogens is 3. The summed E-state index contributed by atoms with van der Waals surface area (Å²) in [6.45, 7) is -0.0306.